The fourth-order valence-electron chi connectivity index (χ4n) is 1.89. The fraction of sp³-hybridized carbons (Fsp3) is 0.417. The van der Waals surface area contributed by atoms with Crippen molar-refractivity contribution in [3.05, 3.63) is 29.8 Å². The van der Waals surface area contributed by atoms with E-state index in [0.717, 1.165) is 10.3 Å². The molecule has 0 saturated carbocycles. The second kappa shape index (κ2) is 4.20. The van der Waals surface area contributed by atoms with E-state index in [1.54, 1.807) is 18.2 Å². The summed E-state index contributed by atoms with van der Waals surface area (Å²) in [6, 6.07) is 7.19. The third-order valence-electron chi connectivity index (χ3n) is 2.98. The van der Waals surface area contributed by atoms with E-state index >= 15 is 0 Å². The van der Waals surface area contributed by atoms with Crippen molar-refractivity contribution in [3.8, 4) is 0 Å². The Bertz CT molecular complexity index is 590. The Labute approximate surface area is 109 Å². The minimum absolute atomic E-state index is 0.144. The Morgan fingerprint density at radius 3 is 2.33 bits per heavy atom. The zero-order valence-corrected chi connectivity index (χ0v) is 12.6. The largest absolute Gasteiger partial charge is 0.268 e. The molecule has 2 rings (SSSR count). The van der Waals surface area contributed by atoms with Crippen molar-refractivity contribution < 1.29 is 13.2 Å². The van der Waals surface area contributed by atoms with Crippen LogP contribution < -0.4 is 0 Å². The van der Waals surface area contributed by atoms with Crippen LogP contribution in [0, 0.1) is 0 Å². The quantitative estimate of drug-likeness (QED) is 0.799. The van der Waals surface area contributed by atoms with E-state index in [1.165, 1.54) is 6.07 Å². The summed E-state index contributed by atoms with van der Waals surface area (Å²) in [5.41, 5.74) is 0.299. The molecule has 1 aliphatic rings. The van der Waals surface area contributed by atoms with Crippen molar-refractivity contribution in [1.82, 2.24) is 4.31 Å². The minimum Gasteiger partial charge on any atom is -0.268 e. The molecule has 0 N–H and O–H groups in total. The van der Waals surface area contributed by atoms with Crippen LogP contribution in [0.25, 0.3) is 0 Å². The predicted molar refractivity (Wildman–Crippen MR) is 72.8 cm³/mol. The number of hydrogen-bond acceptors (Lipinski definition) is 3. The van der Waals surface area contributed by atoms with Gasteiger partial charge in [-0.3, -0.25) is 4.79 Å². The topological polar surface area (TPSA) is 54.5 Å². The third-order valence-corrected chi connectivity index (χ3v) is 6.54. The zero-order chi connectivity index (χ0) is 13.6. The molecule has 0 unspecified atom stereocenters. The van der Waals surface area contributed by atoms with Gasteiger partial charge in [-0.2, -0.15) is 0 Å². The molecule has 98 valence electrons. The lowest BCUT2D eigenvalue weighted by atomic mass is 10.2. The lowest BCUT2D eigenvalue weighted by molar-refractivity contribution is 0.0875. The van der Waals surface area contributed by atoms with Gasteiger partial charge in [-0.25, -0.2) is 12.7 Å². The van der Waals surface area contributed by atoms with E-state index in [0.29, 0.717) is 12.1 Å². The van der Waals surface area contributed by atoms with Crippen molar-refractivity contribution >= 4 is 24.0 Å². The highest BCUT2D eigenvalue weighted by atomic mass is 32.2. The molecule has 1 aliphatic heterocycles. The van der Waals surface area contributed by atoms with Gasteiger partial charge in [0.15, 0.2) is 0 Å². The maximum absolute atomic E-state index is 12.2. The van der Waals surface area contributed by atoms with Crippen molar-refractivity contribution in [2.45, 2.75) is 30.6 Å². The second-order valence-corrected chi connectivity index (χ2v) is 13.1. The van der Waals surface area contributed by atoms with Gasteiger partial charge in [0.25, 0.3) is 15.9 Å². The van der Waals surface area contributed by atoms with Crippen LogP contribution in [0.4, 0.5) is 0 Å². The highest BCUT2D eigenvalue weighted by Crippen LogP contribution is 2.30. The van der Waals surface area contributed by atoms with Crippen molar-refractivity contribution in [3.63, 3.8) is 0 Å². The Kier molecular flexibility index (Phi) is 3.10. The first-order chi connectivity index (χ1) is 8.23. The molecule has 0 bridgehead atoms. The SMILES string of the molecule is C[Si](C)(C)CCN1C(=O)c2ccccc2S1(=O)=O. The van der Waals surface area contributed by atoms with Crippen molar-refractivity contribution in [2.75, 3.05) is 6.54 Å². The molecule has 4 nitrogen and oxygen atoms in total. The molecule has 0 fully saturated rings. The minimum atomic E-state index is -3.61. The maximum Gasteiger partial charge on any atom is 0.268 e. The first kappa shape index (κ1) is 13.3. The Balaban J connectivity index is 2.34. The number of carbonyl (C=O) groups is 1. The average molecular weight is 283 g/mol. The summed E-state index contributed by atoms with van der Waals surface area (Å²) in [5.74, 6) is -0.385. The summed E-state index contributed by atoms with van der Waals surface area (Å²) in [4.78, 5) is 12.2. The van der Waals surface area contributed by atoms with E-state index in [2.05, 4.69) is 19.6 Å². The monoisotopic (exact) mass is 283 g/mol. The molecule has 0 spiro atoms. The van der Waals surface area contributed by atoms with Gasteiger partial charge in [0, 0.05) is 14.6 Å². The van der Waals surface area contributed by atoms with Gasteiger partial charge in [-0.05, 0) is 18.2 Å². The number of rotatable bonds is 3. The van der Waals surface area contributed by atoms with Crippen LogP contribution in [-0.2, 0) is 10.0 Å². The predicted octanol–water partition coefficient (Wildman–Crippen LogP) is 2.17. The molecule has 6 heteroatoms. The van der Waals surface area contributed by atoms with Crippen LogP contribution in [0.2, 0.25) is 25.7 Å². The normalized spacial score (nSPS) is 17.9. The summed E-state index contributed by atoms with van der Waals surface area (Å²) < 4.78 is 25.5. The first-order valence-electron chi connectivity index (χ1n) is 5.89. The van der Waals surface area contributed by atoms with Crippen LogP contribution in [0.15, 0.2) is 29.2 Å². The Hall–Kier alpha value is -1.14. The van der Waals surface area contributed by atoms with Crippen LogP contribution in [0.3, 0.4) is 0 Å². The molecule has 0 aliphatic carbocycles. The summed E-state index contributed by atoms with van der Waals surface area (Å²) in [6.07, 6.45) is 0. The van der Waals surface area contributed by atoms with Gasteiger partial charge >= 0.3 is 0 Å². The molecule has 0 saturated heterocycles. The number of nitrogens with zero attached hydrogens (tertiary/aromatic N) is 1. The van der Waals surface area contributed by atoms with Crippen molar-refractivity contribution in [1.29, 1.82) is 0 Å². The second-order valence-electron chi connectivity index (χ2n) is 5.69. The highest BCUT2D eigenvalue weighted by molar-refractivity contribution is 7.90. The highest BCUT2D eigenvalue weighted by Gasteiger charge is 2.40. The fourth-order valence-corrected chi connectivity index (χ4v) is 4.52. The lowest BCUT2D eigenvalue weighted by Crippen LogP contribution is -2.35. The summed E-state index contributed by atoms with van der Waals surface area (Å²) in [7, 11) is -4.99. The number of sulfonamides is 1. The van der Waals surface area contributed by atoms with Gasteiger partial charge < -0.3 is 0 Å². The van der Waals surface area contributed by atoms with Gasteiger partial charge in [0.2, 0.25) is 0 Å². The molecular formula is C12H17NO3SSi. The number of carbonyl (C=O) groups excluding carboxylic acids is 1. The molecule has 1 aromatic rings. The van der Waals surface area contributed by atoms with Gasteiger partial charge in [0.05, 0.1) is 5.56 Å². The lowest BCUT2D eigenvalue weighted by Gasteiger charge is -2.20. The number of fused-ring (bicyclic) bond motifs is 1. The third kappa shape index (κ3) is 2.22. The van der Waals surface area contributed by atoms with Crippen LogP contribution >= 0.6 is 0 Å². The molecule has 1 amide bonds. The smallest absolute Gasteiger partial charge is 0.268 e. The molecule has 0 aromatic heterocycles. The number of benzene rings is 1. The van der Waals surface area contributed by atoms with Gasteiger partial charge in [-0.15, -0.1) is 0 Å². The standard InChI is InChI=1S/C12H17NO3SSi/c1-18(2,3)9-8-13-12(14)10-6-4-5-7-11(10)17(13,15)16/h4-7H,8-9H2,1-3H3. The Morgan fingerprint density at radius 1 is 1.17 bits per heavy atom. The molecule has 1 heterocycles. The van der Waals surface area contributed by atoms with E-state index < -0.39 is 18.1 Å². The summed E-state index contributed by atoms with van der Waals surface area (Å²) >= 11 is 0. The van der Waals surface area contributed by atoms with E-state index in [9.17, 15) is 13.2 Å². The van der Waals surface area contributed by atoms with Gasteiger partial charge in [0.1, 0.15) is 4.90 Å². The van der Waals surface area contributed by atoms with E-state index in [1.807, 2.05) is 0 Å². The zero-order valence-electron chi connectivity index (χ0n) is 10.8. The average Bonchev–Trinajstić information content (AvgIpc) is 2.45. The Morgan fingerprint density at radius 2 is 1.78 bits per heavy atom. The van der Waals surface area contributed by atoms with Crippen molar-refractivity contribution in [2.24, 2.45) is 0 Å². The summed E-state index contributed by atoms with van der Waals surface area (Å²) in [5, 5.41) is 0. The molecule has 1 aromatic carbocycles. The van der Waals surface area contributed by atoms with Crippen LogP contribution in [0.5, 0.6) is 0 Å². The van der Waals surface area contributed by atoms with Crippen LogP contribution in [-0.4, -0.2) is 33.2 Å². The number of hydrogen-bond donors (Lipinski definition) is 0. The summed E-state index contributed by atoms with van der Waals surface area (Å²) in [6.45, 7) is 6.78. The van der Waals surface area contributed by atoms with E-state index in [4.69, 9.17) is 0 Å². The van der Waals surface area contributed by atoms with Gasteiger partial charge in [-0.1, -0.05) is 31.8 Å². The molecule has 0 radical (unpaired) electrons. The van der Waals surface area contributed by atoms with E-state index in [-0.39, 0.29) is 10.8 Å². The van der Waals surface area contributed by atoms with Crippen LogP contribution in [0.1, 0.15) is 10.4 Å². The number of amides is 1. The first-order valence-corrected chi connectivity index (χ1v) is 11.0. The molecule has 0 atom stereocenters. The molecule has 18 heavy (non-hydrogen) atoms. The maximum atomic E-state index is 12.2. The molecular weight excluding hydrogens is 266 g/mol.